The molecule has 2 aromatic heterocycles. The van der Waals surface area contributed by atoms with E-state index < -0.39 is 5.82 Å². The van der Waals surface area contributed by atoms with Gasteiger partial charge in [0, 0.05) is 45.2 Å². The van der Waals surface area contributed by atoms with Crippen LogP contribution >= 0.6 is 0 Å². The van der Waals surface area contributed by atoms with Crippen LogP contribution in [0.4, 0.5) is 10.1 Å². The SMILES string of the molecule is CNC(=O)c1ccc(N2CCN([C@@H]3CCC[C@@H](c4nc5ccc(F)cc5c(=O)[nH]4)C3)CC2)cn1. The highest BCUT2D eigenvalue weighted by Crippen LogP contribution is 2.34. The van der Waals surface area contributed by atoms with Gasteiger partial charge in [-0.2, -0.15) is 0 Å². The van der Waals surface area contributed by atoms with Gasteiger partial charge in [0.2, 0.25) is 0 Å². The number of anilines is 1. The monoisotopic (exact) mass is 464 g/mol. The number of benzene rings is 1. The maximum absolute atomic E-state index is 13.5. The van der Waals surface area contributed by atoms with Crippen LogP contribution in [-0.2, 0) is 0 Å². The van der Waals surface area contributed by atoms with Crippen molar-refractivity contribution >= 4 is 22.5 Å². The number of aromatic amines is 1. The number of piperazine rings is 1. The van der Waals surface area contributed by atoms with Crippen LogP contribution in [0.5, 0.6) is 0 Å². The average molecular weight is 465 g/mol. The number of hydrogen-bond donors (Lipinski definition) is 2. The van der Waals surface area contributed by atoms with Crippen LogP contribution in [0.25, 0.3) is 10.9 Å². The summed E-state index contributed by atoms with van der Waals surface area (Å²) in [6.07, 6.45) is 5.95. The minimum Gasteiger partial charge on any atom is -0.368 e. The van der Waals surface area contributed by atoms with E-state index in [9.17, 15) is 14.0 Å². The Bertz CT molecular complexity index is 1240. The number of pyridine rings is 1. The van der Waals surface area contributed by atoms with E-state index in [1.807, 2.05) is 6.07 Å². The normalized spacial score (nSPS) is 21.5. The fourth-order valence-corrected chi connectivity index (χ4v) is 5.25. The third-order valence-electron chi connectivity index (χ3n) is 7.12. The van der Waals surface area contributed by atoms with E-state index in [4.69, 9.17) is 0 Å². The van der Waals surface area contributed by atoms with Crippen LogP contribution in [0.15, 0.2) is 41.3 Å². The number of carbonyl (C=O) groups excluding carboxylic acids is 1. The highest BCUT2D eigenvalue weighted by molar-refractivity contribution is 5.92. The summed E-state index contributed by atoms with van der Waals surface area (Å²) in [5.41, 5.74) is 1.73. The second kappa shape index (κ2) is 9.50. The lowest BCUT2D eigenvalue weighted by atomic mass is 9.84. The molecule has 1 saturated carbocycles. The zero-order chi connectivity index (χ0) is 23.7. The van der Waals surface area contributed by atoms with Gasteiger partial charge in [-0.1, -0.05) is 6.42 Å². The molecule has 9 heteroatoms. The van der Waals surface area contributed by atoms with Crippen molar-refractivity contribution in [1.29, 1.82) is 0 Å². The number of rotatable bonds is 4. The van der Waals surface area contributed by atoms with Crippen molar-refractivity contribution in [2.75, 3.05) is 38.1 Å². The van der Waals surface area contributed by atoms with Crippen LogP contribution in [0.3, 0.4) is 0 Å². The second-order valence-corrected chi connectivity index (χ2v) is 9.13. The Morgan fingerprint density at radius 3 is 2.71 bits per heavy atom. The van der Waals surface area contributed by atoms with Crippen molar-refractivity contribution < 1.29 is 9.18 Å². The molecule has 2 N–H and O–H groups in total. The van der Waals surface area contributed by atoms with Gasteiger partial charge < -0.3 is 15.2 Å². The highest BCUT2D eigenvalue weighted by Gasteiger charge is 2.31. The smallest absolute Gasteiger partial charge is 0.269 e. The quantitative estimate of drug-likeness (QED) is 0.617. The average Bonchev–Trinajstić information content (AvgIpc) is 2.89. The molecule has 0 radical (unpaired) electrons. The lowest BCUT2D eigenvalue weighted by Gasteiger charge is -2.42. The first kappa shape index (κ1) is 22.5. The summed E-state index contributed by atoms with van der Waals surface area (Å²) >= 11 is 0. The molecule has 3 heterocycles. The van der Waals surface area contributed by atoms with Gasteiger partial charge in [0.1, 0.15) is 17.3 Å². The summed E-state index contributed by atoms with van der Waals surface area (Å²) in [7, 11) is 1.60. The Morgan fingerprint density at radius 1 is 1.15 bits per heavy atom. The molecule has 1 aliphatic carbocycles. The van der Waals surface area contributed by atoms with Crippen molar-refractivity contribution in [3.63, 3.8) is 0 Å². The van der Waals surface area contributed by atoms with Gasteiger partial charge in [0.15, 0.2) is 0 Å². The van der Waals surface area contributed by atoms with Crippen molar-refractivity contribution in [2.45, 2.75) is 37.6 Å². The number of halogens is 1. The molecular formula is C25H29FN6O2. The summed E-state index contributed by atoms with van der Waals surface area (Å²) in [5.74, 6) is 0.301. The molecule has 0 unspecified atom stereocenters. The predicted molar refractivity (Wildman–Crippen MR) is 129 cm³/mol. The molecular weight excluding hydrogens is 435 g/mol. The molecule has 3 aromatic rings. The molecule has 2 atom stereocenters. The molecule has 5 rings (SSSR count). The Kier molecular flexibility index (Phi) is 6.28. The van der Waals surface area contributed by atoms with Gasteiger partial charge in [0.25, 0.3) is 11.5 Å². The van der Waals surface area contributed by atoms with Crippen molar-refractivity contribution in [1.82, 2.24) is 25.2 Å². The lowest BCUT2D eigenvalue weighted by Crippen LogP contribution is -2.51. The predicted octanol–water partition coefficient (Wildman–Crippen LogP) is 2.67. The van der Waals surface area contributed by atoms with E-state index in [0.29, 0.717) is 22.6 Å². The fourth-order valence-electron chi connectivity index (χ4n) is 5.25. The number of nitrogens with one attached hydrogen (secondary N) is 2. The molecule has 178 valence electrons. The molecule has 1 aliphatic heterocycles. The number of nitrogens with zero attached hydrogens (tertiary/aromatic N) is 4. The molecule has 2 fully saturated rings. The third-order valence-corrected chi connectivity index (χ3v) is 7.12. The Hall–Kier alpha value is -3.33. The van der Waals surface area contributed by atoms with Gasteiger partial charge in [-0.25, -0.2) is 14.4 Å². The van der Waals surface area contributed by atoms with Crippen molar-refractivity contribution in [3.05, 3.63) is 64.2 Å². The molecule has 8 nitrogen and oxygen atoms in total. The maximum atomic E-state index is 13.5. The first-order valence-corrected chi connectivity index (χ1v) is 11.9. The van der Waals surface area contributed by atoms with Gasteiger partial charge in [-0.15, -0.1) is 0 Å². The number of aromatic nitrogens is 3. The number of carbonyl (C=O) groups is 1. The third kappa shape index (κ3) is 4.52. The minimum absolute atomic E-state index is 0.183. The van der Waals surface area contributed by atoms with Gasteiger partial charge >= 0.3 is 0 Å². The van der Waals surface area contributed by atoms with Crippen LogP contribution in [0, 0.1) is 5.82 Å². The molecule has 1 aromatic carbocycles. The van der Waals surface area contributed by atoms with Crippen molar-refractivity contribution in [2.24, 2.45) is 0 Å². The van der Waals surface area contributed by atoms with E-state index in [-0.39, 0.29) is 17.4 Å². The Morgan fingerprint density at radius 2 is 1.97 bits per heavy atom. The van der Waals surface area contributed by atoms with Crippen LogP contribution in [0.1, 0.15) is 47.9 Å². The zero-order valence-corrected chi connectivity index (χ0v) is 19.3. The summed E-state index contributed by atoms with van der Waals surface area (Å²) in [6, 6.07) is 8.34. The molecule has 0 spiro atoms. The largest absolute Gasteiger partial charge is 0.368 e. The Balaban J connectivity index is 1.23. The number of amides is 1. The van der Waals surface area contributed by atoms with Gasteiger partial charge in [-0.05, 0) is 49.6 Å². The fraction of sp³-hybridized carbons (Fsp3) is 0.440. The Labute approximate surface area is 197 Å². The number of H-pyrrole nitrogens is 1. The van der Waals surface area contributed by atoms with Crippen LogP contribution in [-0.4, -0.2) is 65.0 Å². The summed E-state index contributed by atoms with van der Waals surface area (Å²) in [5, 5.41) is 2.89. The van der Waals surface area contributed by atoms with Crippen molar-refractivity contribution in [3.8, 4) is 0 Å². The van der Waals surface area contributed by atoms with Crippen LogP contribution in [0.2, 0.25) is 0 Å². The lowest BCUT2D eigenvalue weighted by molar-refractivity contribution is 0.0958. The van der Waals surface area contributed by atoms with E-state index >= 15 is 0 Å². The van der Waals surface area contributed by atoms with E-state index in [0.717, 1.165) is 63.4 Å². The van der Waals surface area contributed by atoms with Gasteiger partial charge in [0.05, 0.1) is 22.8 Å². The molecule has 1 amide bonds. The zero-order valence-electron chi connectivity index (χ0n) is 19.3. The first-order chi connectivity index (χ1) is 16.5. The van der Waals surface area contributed by atoms with Crippen LogP contribution < -0.4 is 15.8 Å². The summed E-state index contributed by atoms with van der Waals surface area (Å²) in [6.45, 7) is 3.71. The number of hydrogen-bond acceptors (Lipinski definition) is 6. The summed E-state index contributed by atoms with van der Waals surface area (Å²) < 4.78 is 13.5. The summed E-state index contributed by atoms with van der Waals surface area (Å²) in [4.78, 5) is 41.0. The molecule has 2 aliphatic rings. The standard InChI is InChI=1S/C25H29FN6O2/c1-27-25(34)22-8-6-19(15-28-22)32-11-9-31(10-12-32)18-4-2-3-16(13-18)23-29-21-7-5-17(26)14-20(21)24(33)30-23/h5-8,14-16,18H,2-4,9-13H2,1H3,(H,27,34)(H,29,30,33)/t16-,18-/m1/s1. The van der Waals surface area contributed by atoms with Gasteiger partial charge in [-0.3, -0.25) is 14.5 Å². The molecule has 0 bridgehead atoms. The second-order valence-electron chi connectivity index (χ2n) is 9.13. The van der Waals surface area contributed by atoms with E-state index in [1.54, 1.807) is 25.4 Å². The first-order valence-electron chi connectivity index (χ1n) is 11.9. The topological polar surface area (TPSA) is 94.2 Å². The molecule has 34 heavy (non-hydrogen) atoms. The minimum atomic E-state index is -0.428. The number of fused-ring (bicyclic) bond motifs is 1. The highest BCUT2D eigenvalue weighted by atomic mass is 19.1. The van der Waals surface area contributed by atoms with E-state index in [2.05, 4.69) is 30.1 Å². The maximum Gasteiger partial charge on any atom is 0.269 e. The molecule has 1 saturated heterocycles. The van der Waals surface area contributed by atoms with E-state index in [1.165, 1.54) is 12.1 Å².